The van der Waals surface area contributed by atoms with Gasteiger partial charge in [0.2, 0.25) is 0 Å². The van der Waals surface area contributed by atoms with Crippen molar-refractivity contribution in [3.8, 4) is 5.75 Å². The van der Waals surface area contributed by atoms with E-state index < -0.39 is 5.60 Å². The molecule has 1 aliphatic rings. The van der Waals surface area contributed by atoms with E-state index in [0.717, 1.165) is 17.0 Å². The van der Waals surface area contributed by atoms with Gasteiger partial charge in [-0.05, 0) is 29.8 Å². The van der Waals surface area contributed by atoms with Crippen molar-refractivity contribution < 1.29 is 14.6 Å². The first kappa shape index (κ1) is 16.9. The normalized spacial score (nSPS) is 16.7. The summed E-state index contributed by atoms with van der Waals surface area (Å²) in [5.74, 6) is 0.824. The minimum Gasteiger partial charge on any atom is -0.487 e. The largest absolute Gasteiger partial charge is 0.487 e. The van der Waals surface area contributed by atoms with Gasteiger partial charge in [-0.1, -0.05) is 18.2 Å². The summed E-state index contributed by atoms with van der Waals surface area (Å²) >= 11 is 0. The third kappa shape index (κ3) is 5.03. The lowest BCUT2D eigenvalue weighted by Crippen LogP contribution is -2.44. The molecule has 3 rings (SSSR count). The highest BCUT2D eigenvalue weighted by Gasteiger charge is 2.28. The Morgan fingerprint density at radius 2 is 2.04 bits per heavy atom. The summed E-state index contributed by atoms with van der Waals surface area (Å²) in [7, 11) is 0. The Morgan fingerprint density at radius 3 is 2.83 bits per heavy atom. The van der Waals surface area contributed by atoms with Crippen molar-refractivity contribution in [2.45, 2.75) is 31.6 Å². The standard InChI is InChI=1S/C19H24N2O3/c22-19(7-10-23-11-8-19)15-20-13-16-4-3-6-18(12-16)24-14-17-5-1-2-9-21-17/h1-6,9,12,20,22H,7-8,10-11,13-15H2. The summed E-state index contributed by atoms with van der Waals surface area (Å²) in [4.78, 5) is 4.25. The number of rotatable bonds is 7. The van der Waals surface area contributed by atoms with Gasteiger partial charge >= 0.3 is 0 Å². The van der Waals surface area contributed by atoms with Gasteiger partial charge in [-0.15, -0.1) is 0 Å². The van der Waals surface area contributed by atoms with Crippen LogP contribution in [0.25, 0.3) is 0 Å². The quantitative estimate of drug-likeness (QED) is 0.816. The number of hydrogen-bond donors (Lipinski definition) is 2. The Kier molecular flexibility index (Phi) is 5.80. The Labute approximate surface area is 142 Å². The first-order valence-electron chi connectivity index (χ1n) is 8.36. The molecule has 0 unspecified atom stereocenters. The fourth-order valence-corrected chi connectivity index (χ4v) is 2.75. The first-order chi connectivity index (χ1) is 11.7. The summed E-state index contributed by atoms with van der Waals surface area (Å²) in [5, 5.41) is 13.8. The maximum absolute atomic E-state index is 10.4. The minimum absolute atomic E-state index is 0.456. The van der Waals surface area contributed by atoms with E-state index in [9.17, 15) is 5.11 Å². The Balaban J connectivity index is 1.48. The van der Waals surface area contributed by atoms with Crippen LogP contribution in [-0.2, 0) is 17.9 Å². The van der Waals surface area contributed by atoms with E-state index in [1.165, 1.54) is 0 Å². The molecule has 0 amide bonds. The van der Waals surface area contributed by atoms with Crippen molar-refractivity contribution in [3.05, 3.63) is 59.9 Å². The second kappa shape index (κ2) is 8.24. The number of nitrogens with one attached hydrogen (secondary N) is 1. The van der Waals surface area contributed by atoms with Gasteiger partial charge in [-0.3, -0.25) is 4.98 Å². The maximum Gasteiger partial charge on any atom is 0.130 e. The SMILES string of the molecule is OC1(CNCc2cccc(OCc3ccccn3)c2)CCOCC1. The van der Waals surface area contributed by atoms with E-state index in [2.05, 4.69) is 16.4 Å². The monoisotopic (exact) mass is 328 g/mol. The molecule has 5 nitrogen and oxygen atoms in total. The molecule has 1 aliphatic heterocycles. The number of nitrogens with zero attached hydrogens (tertiary/aromatic N) is 1. The number of pyridine rings is 1. The predicted molar refractivity (Wildman–Crippen MR) is 91.7 cm³/mol. The fraction of sp³-hybridized carbons (Fsp3) is 0.421. The van der Waals surface area contributed by atoms with Gasteiger partial charge in [0, 0.05) is 45.3 Å². The highest BCUT2D eigenvalue weighted by Crippen LogP contribution is 2.20. The fourth-order valence-electron chi connectivity index (χ4n) is 2.75. The van der Waals surface area contributed by atoms with Gasteiger partial charge in [-0.25, -0.2) is 0 Å². The highest BCUT2D eigenvalue weighted by molar-refractivity contribution is 5.28. The second-order valence-corrected chi connectivity index (χ2v) is 6.20. The average Bonchev–Trinajstić information content (AvgIpc) is 2.62. The molecule has 5 heteroatoms. The van der Waals surface area contributed by atoms with Crippen molar-refractivity contribution in [1.29, 1.82) is 0 Å². The van der Waals surface area contributed by atoms with Crippen molar-refractivity contribution in [3.63, 3.8) is 0 Å². The highest BCUT2D eigenvalue weighted by atomic mass is 16.5. The molecule has 0 spiro atoms. The summed E-state index contributed by atoms with van der Waals surface area (Å²) < 4.78 is 11.1. The maximum atomic E-state index is 10.4. The molecule has 1 saturated heterocycles. The lowest BCUT2D eigenvalue weighted by Gasteiger charge is -2.32. The summed E-state index contributed by atoms with van der Waals surface area (Å²) in [6, 6.07) is 13.8. The number of aromatic nitrogens is 1. The molecule has 128 valence electrons. The third-order valence-electron chi connectivity index (χ3n) is 4.22. The summed E-state index contributed by atoms with van der Waals surface area (Å²) in [6.45, 7) is 3.00. The van der Waals surface area contributed by atoms with Crippen LogP contribution in [0.1, 0.15) is 24.1 Å². The van der Waals surface area contributed by atoms with E-state index in [-0.39, 0.29) is 0 Å². The molecular formula is C19H24N2O3. The molecule has 2 heterocycles. The van der Waals surface area contributed by atoms with Crippen LogP contribution in [0, 0.1) is 0 Å². The summed E-state index contributed by atoms with van der Waals surface area (Å²) in [5.41, 5.74) is 1.39. The van der Waals surface area contributed by atoms with E-state index in [1.807, 2.05) is 36.4 Å². The molecule has 2 N–H and O–H groups in total. The molecule has 0 atom stereocenters. The van der Waals surface area contributed by atoms with Crippen LogP contribution in [0.2, 0.25) is 0 Å². The lowest BCUT2D eigenvalue weighted by atomic mass is 9.94. The number of ether oxygens (including phenoxy) is 2. The van der Waals surface area contributed by atoms with E-state index in [4.69, 9.17) is 9.47 Å². The van der Waals surface area contributed by atoms with E-state index >= 15 is 0 Å². The zero-order valence-electron chi connectivity index (χ0n) is 13.8. The molecule has 1 aromatic heterocycles. The van der Waals surface area contributed by atoms with Gasteiger partial charge in [-0.2, -0.15) is 0 Å². The van der Waals surface area contributed by atoms with Gasteiger partial charge in [0.1, 0.15) is 12.4 Å². The van der Waals surface area contributed by atoms with Gasteiger partial charge in [0.15, 0.2) is 0 Å². The Morgan fingerprint density at radius 1 is 1.17 bits per heavy atom. The minimum atomic E-state index is -0.647. The number of aliphatic hydroxyl groups is 1. The van der Waals surface area contributed by atoms with Crippen LogP contribution >= 0.6 is 0 Å². The zero-order valence-corrected chi connectivity index (χ0v) is 13.8. The van der Waals surface area contributed by atoms with Crippen LogP contribution in [-0.4, -0.2) is 35.5 Å². The number of hydrogen-bond acceptors (Lipinski definition) is 5. The van der Waals surface area contributed by atoms with Crippen LogP contribution in [0.3, 0.4) is 0 Å². The number of benzene rings is 1. The van der Waals surface area contributed by atoms with Crippen LogP contribution < -0.4 is 10.1 Å². The van der Waals surface area contributed by atoms with Crippen molar-refractivity contribution in [2.75, 3.05) is 19.8 Å². The van der Waals surface area contributed by atoms with Gasteiger partial charge < -0.3 is 19.9 Å². The topological polar surface area (TPSA) is 63.6 Å². The van der Waals surface area contributed by atoms with E-state index in [1.54, 1.807) is 6.20 Å². The van der Waals surface area contributed by atoms with Crippen molar-refractivity contribution in [1.82, 2.24) is 10.3 Å². The Hall–Kier alpha value is -1.95. The molecule has 1 aromatic carbocycles. The van der Waals surface area contributed by atoms with Crippen LogP contribution in [0.4, 0.5) is 0 Å². The second-order valence-electron chi connectivity index (χ2n) is 6.20. The lowest BCUT2D eigenvalue weighted by molar-refractivity contribution is -0.0617. The van der Waals surface area contributed by atoms with Gasteiger partial charge in [0.05, 0.1) is 11.3 Å². The van der Waals surface area contributed by atoms with Gasteiger partial charge in [0.25, 0.3) is 0 Å². The average molecular weight is 328 g/mol. The zero-order chi connectivity index (χ0) is 16.7. The van der Waals surface area contributed by atoms with Crippen LogP contribution in [0.5, 0.6) is 5.75 Å². The summed E-state index contributed by atoms with van der Waals surface area (Å²) in [6.07, 6.45) is 3.14. The molecule has 0 bridgehead atoms. The third-order valence-corrected chi connectivity index (χ3v) is 4.22. The molecule has 0 radical (unpaired) electrons. The Bertz CT molecular complexity index is 628. The molecule has 24 heavy (non-hydrogen) atoms. The molecule has 2 aromatic rings. The smallest absolute Gasteiger partial charge is 0.130 e. The molecule has 1 fully saturated rings. The molecule has 0 aliphatic carbocycles. The molecule has 0 saturated carbocycles. The van der Waals surface area contributed by atoms with E-state index in [0.29, 0.717) is 45.8 Å². The van der Waals surface area contributed by atoms with Crippen LogP contribution in [0.15, 0.2) is 48.7 Å². The molecular weight excluding hydrogens is 304 g/mol. The van der Waals surface area contributed by atoms with Crippen molar-refractivity contribution in [2.24, 2.45) is 0 Å². The first-order valence-corrected chi connectivity index (χ1v) is 8.36. The van der Waals surface area contributed by atoms with Crippen molar-refractivity contribution >= 4 is 0 Å². The predicted octanol–water partition coefficient (Wildman–Crippen LogP) is 2.29.